The predicted molar refractivity (Wildman–Crippen MR) is 120 cm³/mol. The molecule has 3 aromatic carbocycles. The van der Waals surface area contributed by atoms with Gasteiger partial charge in [-0.1, -0.05) is 12.1 Å². The topological polar surface area (TPSA) is 97.6 Å². The Hall–Kier alpha value is -4.13. The Morgan fingerprint density at radius 3 is 2.72 bits per heavy atom. The summed E-state index contributed by atoms with van der Waals surface area (Å²) in [5.41, 5.74) is 2.12. The number of ether oxygens (including phenoxy) is 1. The fraction of sp³-hybridized carbons (Fsp3) is 0.160. The first kappa shape index (κ1) is 19.8. The molecule has 1 atom stereocenters. The zero-order chi connectivity index (χ0) is 22.2. The van der Waals surface area contributed by atoms with Crippen LogP contribution < -0.4 is 15.4 Å². The lowest BCUT2D eigenvalue weighted by atomic mass is 9.90. The minimum atomic E-state index is -0.414. The molecule has 5 rings (SSSR count). The number of benzene rings is 3. The quantitative estimate of drug-likeness (QED) is 0.453. The molecular formula is C25H20N2O5. The number of hydrogen-bond acceptors (Lipinski definition) is 5. The third-order valence-corrected chi connectivity index (χ3v) is 5.54. The summed E-state index contributed by atoms with van der Waals surface area (Å²) in [4.78, 5) is 35.1. The average Bonchev–Trinajstić information content (AvgIpc) is 3.14. The molecule has 1 aliphatic rings. The van der Waals surface area contributed by atoms with Gasteiger partial charge in [0.2, 0.25) is 17.7 Å². The third kappa shape index (κ3) is 3.80. The summed E-state index contributed by atoms with van der Waals surface area (Å²) in [6.45, 7) is 1.45. The summed E-state index contributed by atoms with van der Waals surface area (Å²) >= 11 is 0. The van der Waals surface area contributed by atoms with Gasteiger partial charge in [0.1, 0.15) is 17.1 Å². The zero-order valence-corrected chi connectivity index (χ0v) is 17.3. The second kappa shape index (κ2) is 7.85. The van der Waals surface area contributed by atoms with E-state index in [9.17, 15) is 14.4 Å². The average molecular weight is 428 g/mol. The number of anilines is 1. The third-order valence-electron chi connectivity index (χ3n) is 5.54. The molecule has 0 bridgehead atoms. The molecule has 3 amide bonds. The molecule has 32 heavy (non-hydrogen) atoms. The van der Waals surface area contributed by atoms with Crippen molar-refractivity contribution in [2.45, 2.75) is 25.7 Å². The largest absolute Gasteiger partial charge is 0.464 e. The van der Waals surface area contributed by atoms with Gasteiger partial charge >= 0.3 is 0 Å². The number of rotatable bonds is 4. The molecule has 0 aliphatic carbocycles. The number of fused-ring (bicyclic) bond motifs is 2. The van der Waals surface area contributed by atoms with Gasteiger partial charge in [0.25, 0.3) is 0 Å². The summed E-state index contributed by atoms with van der Waals surface area (Å²) in [7, 11) is 0. The number of piperidine rings is 1. The van der Waals surface area contributed by atoms with Crippen LogP contribution in [0.25, 0.3) is 21.7 Å². The van der Waals surface area contributed by atoms with Crippen molar-refractivity contribution in [3.63, 3.8) is 0 Å². The molecule has 0 unspecified atom stereocenters. The molecule has 0 spiro atoms. The summed E-state index contributed by atoms with van der Waals surface area (Å²) in [6.07, 6.45) is 2.38. The van der Waals surface area contributed by atoms with Gasteiger partial charge < -0.3 is 14.5 Å². The van der Waals surface area contributed by atoms with Gasteiger partial charge in [0, 0.05) is 36.0 Å². The molecule has 1 saturated heterocycles. The highest BCUT2D eigenvalue weighted by Crippen LogP contribution is 2.36. The van der Waals surface area contributed by atoms with Crippen LogP contribution in [0.1, 0.15) is 31.2 Å². The van der Waals surface area contributed by atoms with Gasteiger partial charge in [-0.05, 0) is 53.6 Å². The van der Waals surface area contributed by atoms with Crippen molar-refractivity contribution in [3.8, 4) is 11.5 Å². The number of carbonyl (C=O) groups is 3. The van der Waals surface area contributed by atoms with Crippen LogP contribution in [0.4, 0.5) is 5.69 Å². The molecule has 160 valence electrons. The van der Waals surface area contributed by atoms with Crippen molar-refractivity contribution >= 4 is 45.2 Å². The van der Waals surface area contributed by atoms with E-state index >= 15 is 0 Å². The normalized spacial score (nSPS) is 16.2. The van der Waals surface area contributed by atoms with E-state index in [0.29, 0.717) is 35.6 Å². The highest BCUT2D eigenvalue weighted by atomic mass is 16.5. The number of amides is 3. The highest BCUT2D eigenvalue weighted by molar-refractivity contribution is 6.04. The van der Waals surface area contributed by atoms with Gasteiger partial charge in [-0.3, -0.25) is 19.7 Å². The highest BCUT2D eigenvalue weighted by Gasteiger charge is 2.30. The predicted octanol–water partition coefficient (Wildman–Crippen LogP) is 4.86. The van der Waals surface area contributed by atoms with Gasteiger partial charge in [0.05, 0.1) is 12.2 Å². The Balaban J connectivity index is 1.48. The maximum Gasteiger partial charge on any atom is 0.234 e. The Morgan fingerprint density at radius 1 is 1.06 bits per heavy atom. The van der Waals surface area contributed by atoms with Gasteiger partial charge in [-0.2, -0.15) is 0 Å². The van der Waals surface area contributed by atoms with E-state index in [1.54, 1.807) is 18.4 Å². The number of imide groups is 1. The van der Waals surface area contributed by atoms with E-state index in [2.05, 4.69) is 10.6 Å². The van der Waals surface area contributed by atoms with Crippen molar-refractivity contribution in [2.75, 3.05) is 5.32 Å². The molecule has 0 radical (unpaired) electrons. The first-order valence-electron chi connectivity index (χ1n) is 10.3. The van der Waals surface area contributed by atoms with Crippen molar-refractivity contribution in [2.24, 2.45) is 0 Å². The molecule has 2 N–H and O–H groups in total. The van der Waals surface area contributed by atoms with Crippen LogP contribution in [0.2, 0.25) is 0 Å². The number of furan rings is 1. The van der Waals surface area contributed by atoms with Crippen molar-refractivity contribution < 1.29 is 23.5 Å². The van der Waals surface area contributed by atoms with E-state index in [0.717, 1.165) is 21.7 Å². The Bertz CT molecular complexity index is 1390. The zero-order valence-electron chi connectivity index (χ0n) is 17.3. The first-order chi connectivity index (χ1) is 15.5. The van der Waals surface area contributed by atoms with Crippen molar-refractivity contribution in [1.82, 2.24) is 5.32 Å². The van der Waals surface area contributed by atoms with E-state index in [1.165, 1.54) is 6.92 Å². The standard InChI is InChI=1S/C25H20N2O5/c1-14(28)26-17-3-2-4-18(12-17)32-19-6-5-15-11-23-21(10-16(15)9-19)22(13-31-23)20-7-8-24(29)27-25(20)30/h2-6,9-13,20H,7-8H2,1H3,(H,26,28)(H,27,29,30)/t20-/m0/s1. The molecule has 7 nitrogen and oxygen atoms in total. The molecule has 2 heterocycles. The first-order valence-corrected chi connectivity index (χ1v) is 10.3. The van der Waals surface area contributed by atoms with Gasteiger partial charge in [-0.15, -0.1) is 0 Å². The lowest BCUT2D eigenvalue weighted by Crippen LogP contribution is -2.39. The molecular weight excluding hydrogens is 408 g/mol. The minimum Gasteiger partial charge on any atom is -0.464 e. The van der Waals surface area contributed by atoms with E-state index in [4.69, 9.17) is 9.15 Å². The molecule has 7 heteroatoms. The van der Waals surface area contributed by atoms with E-state index in [1.807, 2.05) is 42.5 Å². The van der Waals surface area contributed by atoms with Crippen LogP contribution >= 0.6 is 0 Å². The number of carbonyl (C=O) groups excluding carboxylic acids is 3. The second-order valence-electron chi connectivity index (χ2n) is 7.86. The fourth-order valence-electron chi connectivity index (χ4n) is 4.07. The summed E-state index contributed by atoms with van der Waals surface area (Å²) in [5.74, 6) is 0.146. The number of nitrogens with one attached hydrogen (secondary N) is 2. The minimum absolute atomic E-state index is 0.149. The van der Waals surface area contributed by atoms with E-state index < -0.39 is 5.92 Å². The van der Waals surface area contributed by atoms with Crippen molar-refractivity contribution in [3.05, 3.63) is 66.4 Å². The SMILES string of the molecule is CC(=O)Nc1cccc(Oc2ccc3cc4occ([C@@H]5CCC(=O)NC5=O)c4cc3c2)c1. The van der Waals surface area contributed by atoms with Crippen LogP contribution in [0.5, 0.6) is 11.5 Å². The Kier molecular flexibility index (Phi) is 4.86. The molecule has 0 saturated carbocycles. The van der Waals surface area contributed by atoms with Gasteiger partial charge in [-0.25, -0.2) is 0 Å². The van der Waals surface area contributed by atoms with Crippen LogP contribution in [0.15, 0.2) is 65.3 Å². The number of hydrogen-bond donors (Lipinski definition) is 2. The van der Waals surface area contributed by atoms with Crippen LogP contribution in [-0.4, -0.2) is 17.7 Å². The second-order valence-corrected chi connectivity index (χ2v) is 7.86. The molecule has 1 aromatic heterocycles. The molecule has 1 aliphatic heterocycles. The maximum atomic E-state index is 12.3. The van der Waals surface area contributed by atoms with Gasteiger partial charge in [0.15, 0.2) is 0 Å². The lowest BCUT2D eigenvalue weighted by Gasteiger charge is -2.19. The monoisotopic (exact) mass is 428 g/mol. The molecule has 4 aromatic rings. The fourth-order valence-corrected chi connectivity index (χ4v) is 4.07. The Morgan fingerprint density at radius 2 is 1.91 bits per heavy atom. The summed E-state index contributed by atoms with van der Waals surface area (Å²) < 4.78 is 11.7. The summed E-state index contributed by atoms with van der Waals surface area (Å²) in [5, 5.41) is 7.90. The smallest absolute Gasteiger partial charge is 0.234 e. The molecule has 1 fully saturated rings. The van der Waals surface area contributed by atoms with Crippen molar-refractivity contribution in [1.29, 1.82) is 0 Å². The van der Waals surface area contributed by atoms with E-state index in [-0.39, 0.29) is 17.7 Å². The maximum absolute atomic E-state index is 12.3. The lowest BCUT2D eigenvalue weighted by molar-refractivity contribution is -0.134. The Labute approximate surface area is 183 Å². The van der Waals surface area contributed by atoms with Crippen LogP contribution in [-0.2, 0) is 14.4 Å². The van der Waals surface area contributed by atoms with Crippen LogP contribution in [0, 0.1) is 0 Å². The summed E-state index contributed by atoms with van der Waals surface area (Å²) in [6, 6.07) is 16.8. The van der Waals surface area contributed by atoms with Crippen LogP contribution in [0.3, 0.4) is 0 Å².